The summed E-state index contributed by atoms with van der Waals surface area (Å²) in [5, 5.41) is 2.99. The molecule has 1 amide bonds. The summed E-state index contributed by atoms with van der Waals surface area (Å²) in [5.74, 6) is -0.172. The van der Waals surface area contributed by atoms with E-state index in [1.54, 1.807) is 24.3 Å². The van der Waals surface area contributed by atoms with Gasteiger partial charge in [0.2, 0.25) is 5.91 Å². The molecule has 0 bridgehead atoms. The van der Waals surface area contributed by atoms with Crippen LogP contribution in [-0.4, -0.2) is 24.0 Å². The molecule has 4 nitrogen and oxygen atoms in total. The van der Waals surface area contributed by atoms with Crippen LogP contribution in [-0.2, 0) is 4.79 Å². The van der Waals surface area contributed by atoms with Crippen LogP contribution in [0.3, 0.4) is 0 Å². The molecular formula is C25H27NO3. The molecule has 1 aliphatic carbocycles. The van der Waals surface area contributed by atoms with Crippen LogP contribution in [0.25, 0.3) is 0 Å². The predicted molar refractivity (Wildman–Crippen MR) is 114 cm³/mol. The zero-order valence-electron chi connectivity index (χ0n) is 17.2. The third-order valence-electron chi connectivity index (χ3n) is 5.23. The minimum Gasteiger partial charge on any atom is -0.356 e. The number of nitrogens with one attached hydrogen (secondary N) is 1. The lowest BCUT2D eigenvalue weighted by molar-refractivity contribution is -0.128. The molecule has 0 heterocycles. The Kier molecular flexibility index (Phi) is 6.12. The lowest BCUT2D eigenvalue weighted by atomic mass is 9.82. The van der Waals surface area contributed by atoms with Crippen molar-refractivity contribution in [2.75, 3.05) is 6.54 Å². The van der Waals surface area contributed by atoms with Gasteiger partial charge in [0.25, 0.3) is 0 Å². The number of amides is 1. The van der Waals surface area contributed by atoms with Gasteiger partial charge >= 0.3 is 0 Å². The van der Waals surface area contributed by atoms with Gasteiger partial charge in [-0.2, -0.15) is 0 Å². The first-order valence-electron chi connectivity index (χ1n) is 9.99. The van der Waals surface area contributed by atoms with Crippen LogP contribution < -0.4 is 5.32 Å². The fourth-order valence-corrected chi connectivity index (χ4v) is 3.52. The SMILES string of the molecule is CC(C)(C)C(=O)NCCC(CC1=CC(=O)c2ccccc2C1=O)c1ccccc1. The molecule has 0 spiro atoms. The monoisotopic (exact) mass is 389 g/mol. The Morgan fingerprint density at radius 1 is 0.931 bits per heavy atom. The van der Waals surface area contributed by atoms with E-state index in [-0.39, 0.29) is 23.4 Å². The molecule has 4 heteroatoms. The Morgan fingerprint density at radius 2 is 1.55 bits per heavy atom. The second-order valence-corrected chi connectivity index (χ2v) is 8.51. The van der Waals surface area contributed by atoms with E-state index in [4.69, 9.17) is 0 Å². The van der Waals surface area contributed by atoms with Crippen molar-refractivity contribution in [3.63, 3.8) is 0 Å². The standard InChI is InChI=1S/C25H27NO3/c1-25(2,3)24(29)26-14-13-18(17-9-5-4-6-10-17)15-19-16-22(27)20-11-7-8-12-21(20)23(19)28/h4-12,16,18H,13-15H2,1-3H3,(H,26,29). The molecule has 1 unspecified atom stereocenters. The van der Waals surface area contributed by atoms with Gasteiger partial charge in [0.05, 0.1) is 0 Å². The molecule has 0 saturated carbocycles. The molecule has 0 aliphatic heterocycles. The van der Waals surface area contributed by atoms with E-state index in [2.05, 4.69) is 5.32 Å². The van der Waals surface area contributed by atoms with Crippen LogP contribution in [0.4, 0.5) is 0 Å². The Balaban J connectivity index is 1.78. The van der Waals surface area contributed by atoms with Gasteiger partial charge in [-0.3, -0.25) is 14.4 Å². The highest BCUT2D eigenvalue weighted by molar-refractivity contribution is 6.24. The van der Waals surface area contributed by atoms with Crippen molar-refractivity contribution >= 4 is 17.5 Å². The Hall–Kier alpha value is -3.01. The number of allylic oxidation sites excluding steroid dienone is 2. The number of Topliss-reactive ketones (excluding diaryl/α,β-unsaturated/α-hetero) is 1. The lowest BCUT2D eigenvalue weighted by Gasteiger charge is -2.23. The molecule has 3 rings (SSSR count). The van der Waals surface area contributed by atoms with Crippen molar-refractivity contribution in [3.05, 3.63) is 82.9 Å². The Labute approximate surface area is 172 Å². The maximum atomic E-state index is 13.0. The third-order valence-corrected chi connectivity index (χ3v) is 5.23. The van der Waals surface area contributed by atoms with Gasteiger partial charge in [0.1, 0.15) is 0 Å². The van der Waals surface area contributed by atoms with Crippen molar-refractivity contribution in [2.24, 2.45) is 5.41 Å². The summed E-state index contributed by atoms with van der Waals surface area (Å²) in [7, 11) is 0. The van der Waals surface area contributed by atoms with Gasteiger partial charge in [-0.1, -0.05) is 75.4 Å². The number of carbonyl (C=O) groups excluding carboxylic acids is 3. The molecule has 1 N–H and O–H groups in total. The number of rotatable bonds is 6. The zero-order valence-corrected chi connectivity index (χ0v) is 17.2. The molecule has 0 saturated heterocycles. The van der Waals surface area contributed by atoms with Gasteiger partial charge in [-0.15, -0.1) is 0 Å². The largest absolute Gasteiger partial charge is 0.356 e. The van der Waals surface area contributed by atoms with E-state index in [0.717, 1.165) is 5.56 Å². The molecule has 29 heavy (non-hydrogen) atoms. The number of carbonyl (C=O) groups is 3. The van der Waals surface area contributed by atoms with E-state index in [0.29, 0.717) is 36.1 Å². The van der Waals surface area contributed by atoms with Crippen molar-refractivity contribution in [1.82, 2.24) is 5.32 Å². The first-order chi connectivity index (χ1) is 13.8. The maximum Gasteiger partial charge on any atom is 0.225 e. The minimum absolute atomic E-state index is 0.00127. The first-order valence-corrected chi connectivity index (χ1v) is 9.99. The second-order valence-electron chi connectivity index (χ2n) is 8.51. The quantitative estimate of drug-likeness (QED) is 0.778. The van der Waals surface area contributed by atoms with E-state index < -0.39 is 5.41 Å². The summed E-state index contributed by atoms with van der Waals surface area (Å²) in [4.78, 5) is 37.6. The van der Waals surface area contributed by atoms with Crippen LogP contribution in [0.2, 0.25) is 0 Å². The van der Waals surface area contributed by atoms with Crippen molar-refractivity contribution < 1.29 is 14.4 Å². The topological polar surface area (TPSA) is 63.2 Å². The second kappa shape index (κ2) is 8.56. The summed E-state index contributed by atoms with van der Waals surface area (Å²) < 4.78 is 0. The molecule has 2 aromatic carbocycles. The van der Waals surface area contributed by atoms with Crippen molar-refractivity contribution in [1.29, 1.82) is 0 Å². The average Bonchev–Trinajstić information content (AvgIpc) is 2.70. The van der Waals surface area contributed by atoms with Crippen molar-refractivity contribution in [2.45, 2.75) is 39.5 Å². The van der Waals surface area contributed by atoms with Gasteiger partial charge in [0.15, 0.2) is 11.6 Å². The maximum absolute atomic E-state index is 13.0. The number of hydrogen-bond donors (Lipinski definition) is 1. The van der Waals surface area contributed by atoms with E-state index in [9.17, 15) is 14.4 Å². The number of ketones is 2. The van der Waals surface area contributed by atoms with Crippen LogP contribution in [0.1, 0.15) is 65.8 Å². The highest BCUT2D eigenvalue weighted by Gasteiger charge is 2.27. The smallest absolute Gasteiger partial charge is 0.225 e. The molecule has 0 fully saturated rings. The summed E-state index contributed by atoms with van der Waals surface area (Å²) in [6.45, 7) is 6.16. The molecular weight excluding hydrogens is 362 g/mol. The summed E-state index contributed by atoms with van der Waals surface area (Å²) in [5.41, 5.74) is 2.13. The summed E-state index contributed by atoms with van der Waals surface area (Å²) in [6.07, 6.45) is 2.63. The normalized spacial score (nSPS) is 14.8. The molecule has 1 aliphatic rings. The van der Waals surface area contributed by atoms with Gasteiger partial charge in [0, 0.05) is 28.7 Å². The van der Waals surface area contributed by atoms with E-state index >= 15 is 0 Å². The van der Waals surface area contributed by atoms with E-state index in [1.807, 2.05) is 51.1 Å². The summed E-state index contributed by atoms with van der Waals surface area (Å²) >= 11 is 0. The molecule has 2 aromatic rings. The highest BCUT2D eigenvalue weighted by atomic mass is 16.2. The molecule has 150 valence electrons. The Morgan fingerprint density at radius 3 is 2.21 bits per heavy atom. The highest BCUT2D eigenvalue weighted by Crippen LogP contribution is 2.31. The number of benzene rings is 2. The number of hydrogen-bond acceptors (Lipinski definition) is 3. The predicted octanol–water partition coefficient (Wildman–Crippen LogP) is 4.72. The summed E-state index contributed by atoms with van der Waals surface area (Å²) in [6, 6.07) is 16.9. The van der Waals surface area contributed by atoms with Crippen molar-refractivity contribution in [3.8, 4) is 0 Å². The van der Waals surface area contributed by atoms with Gasteiger partial charge in [-0.05, 0) is 30.4 Å². The Bertz CT molecular complexity index is 952. The minimum atomic E-state index is -0.444. The fraction of sp³-hybridized carbons (Fsp3) is 0.320. The van der Waals surface area contributed by atoms with Gasteiger partial charge < -0.3 is 5.32 Å². The average molecular weight is 389 g/mol. The molecule has 1 atom stereocenters. The zero-order chi connectivity index (χ0) is 21.0. The number of fused-ring (bicyclic) bond motifs is 1. The van der Waals surface area contributed by atoms with Crippen LogP contribution in [0.15, 0.2) is 66.2 Å². The van der Waals surface area contributed by atoms with Gasteiger partial charge in [-0.25, -0.2) is 0 Å². The third kappa shape index (κ3) is 4.89. The van der Waals surface area contributed by atoms with Crippen LogP contribution in [0, 0.1) is 5.41 Å². The lowest BCUT2D eigenvalue weighted by Crippen LogP contribution is -2.35. The van der Waals surface area contributed by atoms with Crippen LogP contribution in [0.5, 0.6) is 0 Å². The molecule has 0 aromatic heterocycles. The first kappa shape index (κ1) is 20.7. The van der Waals surface area contributed by atoms with Crippen LogP contribution >= 0.6 is 0 Å². The fourth-order valence-electron chi connectivity index (χ4n) is 3.52. The molecule has 0 radical (unpaired) electrons. The van der Waals surface area contributed by atoms with E-state index in [1.165, 1.54) is 6.08 Å².